The van der Waals surface area contributed by atoms with Gasteiger partial charge in [0.25, 0.3) is 0 Å². The predicted octanol–water partition coefficient (Wildman–Crippen LogP) is 2.06. The zero-order valence-electron chi connectivity index (χ0n) is 7.91. The highest BCUT2D eigenvalue weighted by Crippen LogP contribution is 2.28. The Labute approximate surface area is 97.8 Å². The average molecular weight is 245 g/mol. The number of amides is 1. The first kappa shape index (κ1) is 10.7. The molecule has 0 saturated carbocycles. The molecule has 0 bridgehead atoms. The Kier molecular flexibility index (Phi) is 2.87. The van der Waals surface area contributed by atoms with Crippen molar-refractivity contribution in [2.45, 2.75) is 12.5 Å². The predicted molar refractivity (Wildman–Crippen MR) is 61.4 cm³/mol. The number of carbonyl (C=O) groups is 1. The first-order valence-corrected chi connectivity index (χ1v) is 5.34. The van der Waals surface area contributed by atoms with E-state index in [0.717, 1.165) is 0 Å². The molecule has 0 aromatic heterocycles. The molecule has 5 heteroatoms. The third kappa shape index (κ3) is 2.25. The van der Waals surface area contributed by atoms with Crippen molar-refractivity contribution in [2.75, 3.05) is 11.4 Å². The first-order chi connectivity index (χ1) is 7.06. The summed E-state index contributed by atoms with van der Waals surface area (Å²) in [7, 11) is 0. The minimum atomic E-state index is -0.102. The largest absolute Gasteiger partial charge is 0.326 e. The fourth-order valence-corrected chi connectivity index (χ4v) is 2.19. The molecule has 1 aliphatic rings. The molecule has 2 N–H and O–H groups in total. The van der Waals surface area contributed by atoms with Crippen LogP contribution in [0.2, 0.25) is 10.0 Å². The van der Waals surface area contributed by atoms with E-state index in [1.165, 1.54) is 0 Å². The molecule has 1 heterocycles. The number of hydrogen-bond acceptors (Lipinski definition) is 2. The third-order valence-electron chi connectivity index (χ3n) is 2.31. The van der Waals surface area contributed by atoms with Gasteiger partial charge in [-0.1, -0.05) is 23.2 Å². The van der Waals surface area contributed by atoms with E-state index in [1.54, 1.807) is 23.1 Å². The van der Waals surface area contributed by atoms with Gasteiger partial charge in [0.15, 0.2) is 0 Å². The maximum atomic E-state index is 11.6. The molecular weight excluding hydrogens is 235 g/mol. The molecule has 1 saturated heterocycles. The summed E-state index contributed by atoms with van der Waals surface area (Å²) in [5.74, 6) is 0.0147. The topological polar surface area (TPSA) is 46.3 Å². The van der Waals surface area contributed by atoms with Gasteiger partial charge in [0, 0.05) is 34.7 Å². The summed E-state index contributed by atoms with van der Waals surface area (Å²) < 4.78 is 0. The summed E-state index contributed by atoms with van der Waals surface area (Å²) in [6.45, 7) is 0.523. The van der Waals surface area contributed by atoms with E-state index in [1.807, 2.05) is 0 Å². The number of benzene rings is 1. The zero-order chi connectivity index (χ0) is 11.0. The number of hydrogen-bond donors (Lipinski definition) is 1. The molecule has 80 valence electrons. The van der Waals surface area contributed by atoms with Gasteiger partial charge in [0.1, 0.15) is 0 Å². The quantitative estimate of drug-likeness (QED) is 0.823. The van der Waals surface area contributed by atoms with Gasteiger partial charge in [0.2, 0.25) is 5.91 Å². The van der Waals surface area contributed by atoms with Gasteiger partial charge >= 0.3 is 0 Å². The van der Waals surface area contributed by atoms with Gasteiger partial charge in [-0.3, -0.25) is 4.79 Å². The maximum absolute atomic E-state index is 11.6. The van der Waals surface area contributed by atoms with Crippen molar-refractivity contribution in [2.24, 2.45) is 5.73 Å². The average Bonchev–Trinajstić information content (AvgIpc) is 2.43. The second-order valence-electron chi connectivity index (χ2n) is 3.60. The normalized spacial score (nSPS) is 21.1. The maximum Gasteiger partial charge on any atom is 0.228 e. The van der Waals surface area contributed by atoms with Gasteiger partial charge in [-0.05, 0) is 18.2 Å². The standard InChI is InChI=1S/C10H10Cl2N2O/c11-6-1-7(12)3-9(2-6)14-5-8(13)4-10(14)15/h1-3,8H,4-5,13H2. The zero-order valence-corrected chi connectivity index (χ0v) is 9.42. The van der Waals surface area contributed by atoms with Crippen LogP contribution in [0.5, 0.6) is 0 Å². The first-order valence-electron chi connectivity index (χ1n) is 4.58. The van der Waals surface area contributed by atoms with Gasteiger partial charge < -0.3 is 10.6 Å². The summed E-state index contributed by atoms with van der Waals surface area (Å²) in [6, 6.07) is 4.95. The Morgan fingerprint density at radius 1 is 1.27 bits per heavy atom. The van der Waals surface area contributed by atoms with Crippen LogP contribution in [-0.2, 0) is 4.79 Å². The molecule has 1 atom stereocenters. The molecular formula is C10H10Cl2N2O. The van der Waals surface area contributed by atoms with Crippen LogP contribution in [0.1, 0.15) is 6.42 Å². The molecule has 1 aromatic rings. The smallest absolute Gasteiger partial charge is 0.228 e. The van der Waals surface area contributed by atoms with Crippen LogP contribution in [0.15, 0.2) is 18.2 Å². The van der Waals surface area contributed by atoms with E-state index in [0.29, 0.717) is 28.7 Å². The van der Waals surface area contributed by atoms with Crippen molar-refractivity contribution in [3.63, 3.8) is 0 Å². The molecule has 1 unspecified atom stereocenters. The van der Waals surface area contributed by atoms with Gasteiger partial charge in [0.05, 0.1) is 0 Å². The van der Waals surface area contributed by atoms with Gasteiger partial charge in [-0.2, -0.15) is 0 Å². The Bertz CT molecular complexity index is 388. The summed E-state index contributed by atoms with van der Waals surface area (Å²) in [4.78, 5) is 13.2. The third-order valence-corrected chi connectivity index (χ3v) is 2.75. The fraction of sp³-hybridized carbons (Fsp3) is 0.300. The van der Waals surface area contributed by atoms with E-state index in [4.69, 9.17) is 28.9 Å². The van der Waals surface area contributed by atoms with E-state index in [-0.39, 0.29) is 11.9 Å². The molecule has 0 spiro atoms. The molecule has 0 aliphatic carbocycles. The molecule has 1 amide bonds. The van der Waals surface area contributed by atoms with E-state index < -0.39 is 0 Å². The van der Waals surface area contributed by atoms with Crippen LogP contribution in [0.25, 0.3) is 0 Å². The van der Waals surface area contributed by atoms with Crippen molar-refractivity contribution >= 4 is 34.8 Å². The molecule has 1 fully saturated rings. The van der Waals surface area contributed by atoms with Crippen LogP contribution >= 0.6 is 23.2 Å². The van der Waals surface area contributed by atoms with Crippen LogP contribution in [-0.4, -0.2) is 18.5 Å². The number of nitrogens with zero attached hydrogens (tertiary/aromatic N) is 1. The van der Waals surface area contributed by atoms with E-state index in [9.17, 15) is 4.79 Å². The highest BCUT2D eigenvalue weighted by Gasteiger charge is 2.28. The number of nitrogens with two attached hydrogens (primary N) is 1. The molecule has 3 nitrogen and oxygen atoms in total. The summed E-state index contributed by atoms with van der Waals surface area (Å²) in [5, 5.41) is 1.04. The van der Waals surface area contributed by atoms with Gasteiger partial charge in [-0.15, -0.1) is 0 Å². The minimum Gasteiger partial charge on any atom is -0.326 e. The van der Waals surface area contributed by atoms with E-state index in [2.05, 4.69) is 0 Å². The lowest BCUT2D eigenvalue weighted by Crippen LogP contribution is -2.27. The van der Waals surface area contributed by atoms with Crippen LogP contribution in [0.3, 0.4) is 0 Å². The second-order valence-corrected chi connectivity index (χ2v) is 4.47. The number of rotatable bonds is 1. The SMILES string of the molecule is NC1CC(=O)N(c2cc(Cl)cc(Cl)c2)C1. The number of carbonyl (C=O) groups excluding carboxylic acids is 1. The highest BCUT2D eigenvalue weighted by molar-refractivity contribution is 6.35. The summed E-state index contributed by atoms with van der Waals surface area (Å²) in [5.41, 5.74) is 6.41. The van der Waals surface area contributed by atoms with E-state index >= 15 is 0 Å². The van der Waals surface area contributed by atoms with Crippen LogP contribution in [0.4, 0.5) is 5.69 Å². The Morgan fingerprint density at radius 2 is 1.87 bits per heavy atom. The molecule has 15 heavy (non-hydrogen) atoms. The van der Waals surface area contributed by atoms with Crippen molar-refractivity contribution < 1.29 is 4.79 Å². The lowest BCUT2D eigenvalue weighted by Gasteiger charge is -2.16. The lowest BCUT2D eigenvalue weighted by atomic mass is 10.3. The molecule has 0 radical (unpaired) electrons. The lowest BCUT2D eigenvalue weighted by molar-refractivity contribution is -0.117. The molecule has 1 aromatic carbocycles. The fourth-order valence-electron chi connectivity index (χ4n) is 1.68. The van der Waals surface area contributed by atoms with Crippen molar-refractivity contribution in [1.29, 1.82) is 0 Å². The van der Waals surface area contributed by atoms with Crippen LogP contribution < -0.4 is 10.6 Å². The van der Waals surface area contributed by atoms with Crippen molar-refractivity contribution in [3.8, 4) is 0 Å². The monoisotopic (exact) mass is 244 g/mol. The summed E-state index contributed by atoms with van der Waals surface area (Å²) >= 11 is 11.7. The van der Waals surface area contributed by atoms with Crippen LogP contribution in [0, 0.1) is 0 Å². The van der Waals surface area contributed by atoms with Gasteiger partial charge in [-0.25, -0.2) is 0 Å². The Balaban J connectivity index is 2.33. The molecule has 1 aliphatic heterocycles. The Hall–Kier alpha value is -0.770. The summed E-state index contributed by atoms with van der Waals surface area (Å²) in [6.07, 6.45) is 0.379. The van der Waals surface area contributed by atoms with Crippen molar-refractivity contribution in [3.05, 3.63) is 28.2 Å². The number of anilines is 1. The second kappa shape index (κ2) is 4.00. The molecule has 2 rings (SSSR count). The van der Waals surface area contributed by atoms with Crippen molar-refractivity contribution in [1.82, 2.24) is 0 Å². The highest BCUT2D eigenvalue weighted by atomic mass is 35.5. The Morgan fingerprint density at radius 3 is 2.33 bits per heavy atom. The number of halogens is 2. The minimum absolute atomic E-state index is 0.0147.